The molecule has 92 valence electrons. The lowest BCUT2D eigenvalue weighted by Crippen LogP contribution is -2.57. The highest BCUT2D eigenvalue weighted by molar-refractivity contribution is 5.79. The molecule has 0 aromatic carbocycles. The molecule has 0 radical (unpaired) electrons. The number of nitrogens with zero attached hydrogens (tertiary/aromatic N) is 2. The zero-order valence-electron chi connectivity index (χ0n) is 10.4. The average Bonchev–Trinajstić information content (AvgIpc) is 1.96. The average molecular weight is 228 g/mol. The van der Waals surface area contributed by atoms with Crippen molar-refractivity contribution in [2.24, 2.45) is 11.3 Å². The van der Waals surface area contributed by atoms with Crippen molar-refractivity contribution in [1.29, 1.82) is 0 Å². The van der Waals surface area contributed by atoms with E-state index in [1.165, 1.54) is 0 Å². The van der Waals surface area contributed by atoms with Gasteiger partial charge in [-0.25, -0.2) is 4.79 Å². The van der Waals surface area contributed by atoms with Gasteiger partial charge in [-0.1, -0.05) is 20.8 Å². The van der Waals surface area contributed by atoms with Crippen molar-refractivity contribution >= 4 is 12.0 Å². The van der Waals surface area contributed by atoms with Gasteiger partial charge < -0.3 is 14.9 Å². The van der Waals surface area contributed by atoms with Gasteiger partial charge in [0.2, 0.25) is 0 Å². The second-order valence-electron chi connectivity index (χ2n) is 5.64. The Bertz CT molecular complexity index is 290. The first-order chi connectivity index (χ1) is 7.20. The van der Waals surface area contributed by atoms with E-state index in [1.807, 2.05) is 0 Å². The van der Waals surface area contributed by atoms with E-state index in [0.717, 1.165) is 0 Å². The van der Waals surface area contributed by atoms with Crippen LogP contribution in [0.25, 0.3) is 0 Å². The van der Waals surface area contributed by atoms with E-state index in [9.17, 15) is 9.59 Å². The molecule has 2 amide bonds. The van der Waals surface area contributed by atoms with E-state index in [1.54, 1.807) is 16.8 Å². The predicted molar refractivity (Wildman–Crippen MR) is 60.2 cm³/mol. The summed E-state index contributed by atoms with van der Waals surface area (Å²) in [5, 5.41) is 8.71. The standard InChI is InChI=1S/C11H20N2O3/c1-11(2,3)7-12(4)10(16)13-5-8(6-13)9(14)15/h8H,5-7H2,1-4H3,(H,14,15). The maximum Gasteiger partial charge on any atom is 0.319 e. The Labute approximate surface area is 96.0 Å². The van der Waals surface area contributed by atoms with Crippen LogP contribution in [0, 0.1) is 11.3 Å². The van der Waals surface area contributed by atoms with Crippen LogP contribution >= 0.6 is 0 Å². The van der Waals surface area contributed by atoms with Gasteiger partial charge in [-0.2, -0.15) is 0 Å². The van der Waals surface area contributed by atoms with E-state index in [-0.39, 0.29) is 17.4 Å². The van der Waals surface area contributed by atoms with Gasteiger partial charge in [0.15, 0.2) is 0 Å². The minimum absolute atomic E-state index is 0.0570. The molecule has 1 aliphatic rings. The summed E-state index contributed by atoms with van der Waals surface area (Å²) in [5.41, 5.74) is 0.0570. The lowest BCUT2D eigenvalue weighted by molar-refractivity contribution is -0.146. The molecule has 5 heteroatoms. The van der Waals surface area contributed by atoms with Crippen LogP contribution in [0.15, 0.2) is 0 Å². The first-order valence-electron chi connectivity index (χ1n) is 5.43. The van der Waals surface area contributed by atoms with E-state index < -0.39 is 5.97 Å². The Hall–Kier alpha value is -1.26. The van der Waals surface area contributed by atoms with Crippen molar-refractivity contribution in [2.45, 2.75) is 20.8 Å². The van der Waals surface area contributed by atoms with Gasteiger partial charge >= 0.3 is 12.0 Å². The number of rotatable bonds is 2. The molecule has 5 nitrogen and oxygen atoms in total. The number of likely N-dealkylation sites (tertiary alicyclic amines) is 1. The number of carbonyl (C=O) groups excluding carboxylic acids is 1. The van der Waals surface area contributed by atoms with Crippen LogP contribution in [0.5, 0.6) is 0 Å². The molecule has 0 spiro atoms. The first kappa shape index (κ1) is 12.8. The van der Waals surface area contributed by atoms with Crippen molar-refractivity contribution in [3.8, 4) is 0 Å². The zero-order chi connectivity index (χ0) is 12.5. The molecule has 0 atom stereocenters. The molecular formula is C11H20N2O3. The van der Waals surface area contributed by atoms with Crippen LogP contribution in [0.2, 0.25) is 0 Å². The summed E-state index contributed by atoms with van der Waals surface area (Å²) < 4.78 is 0. The van der Waals surface area contributed by atoms with E-state index in [0.29, 0.717) is 19.6 Å². The number of aliphatic carboxylic acids is 1. The summed E-state index contributed by atoms with van der Waals surface area (Å²) in [5.74, 6) is -1.20. The maximum atomic E-state index is 11.8. The minimum Gasteiger partial charge on any atom is -0.481 e. The van der Waals surface area contributed by atoms with Crippen molar-refractivity contribution in [3.05, 3.63) is 0 Å². The second-order valence-corrected chi connectivity index (χ2v) is 5.64. The molecule has 1 aliphatic heterocycles. The summed E-state index contributed by atoms with van der Waals surface area (Å²) in [6.45, 7) is 7.53. The lowest BCUT2D eigenvalue weighted by Gasteiger charge is -2.40. The normalized spacial score (nSPS) is 16.9. The highest BCUT2D eigenvalue weighted by Gasteiger charge is 2.37. The number of hydrogen-bond donors (Lipinski definition) is 1. The predicted octanol–water partition coefficient (Wildman–Crippen LogP) is 1.10. The van der Waals surface area contributed by atoms with Gasteiger partial charge in [-0.15, -0.1) is 0 Å². The maximum absolute atomic E-state index is 11.8. The zero-order valence-corrected chi connectivity index (χ0v) is 10.4. The topological polar surface area (TPSA) is 60.9 Å². The lowest BCUT2D eigenvalue weighted by atomic mass is 9.96. The van der Waals surface area contributed by atoms with Gasteiger partial charge in [0, 0.05) is 26.7 Å². The van der Waals surface area contributed by atoms with Gasteiger partial charge in [0.1, 0.15) is 0 Å². The monoisotopic (exact) mass is 228 g/mol. The Kier molecular flexibility index (Phi) is 3.45. The van der Waals surface area contributed by atoms with Crippen LogP contribution in [0.3, 0.4) is 0 Å². The summed E-state index contributed by atoms with van der Waals surface area (Å²) >= 11 is 0. The van der Waals surface area contributed by atoms with Gasteiger partial charge in [-0.05, 0) is 5.41 Å². The Morgan fingerprint density at radius 1 is 1.38 bits per heavy atom. The van der Waals surface area contributed by atoms with Crippen LogP contribution in [0.4, 0.5) is 4.79 Å². The van der Waals surface area contributed by atoms with Crippen molar-refractivity contribution in [2.75, 3.05) is 26.7 Å². The number of carbonyl (C=O) groups is 2. The fraction of sp³-hybridized carbons (Fsp3) is 0.818. The Morgan fingerprint density at radius 3 is 2.25 bits per heavy atom. The van der Waals surface area contributed by atoms with E-state index in [4.69, 9.17) is 5.11 Å². The third kappa shape index (κ3) is 3.12. The van der Waals surface area contributed by atoms with E-state index in [2.05, 4.69) is 20.8 Å². The molecule has 16 heavy (non-hydrogen) atoms. The SMILES string of the molecule is CN(CC(C)(C)C)C(=O)N1CC(C(=O)O)C1. The highest BCUT2D eigenvalue weighted by Crippen LogP contribution is 2.20. The smallest absolute Gasteiger partial charge is 0.319 e. The van der Waals surface area contributed by atoms with Crippen LogP contribution in [-0.4, -0.2) is 53.6 Å². The minimum atomic E-state index is -0.817. The molecule has 1 N–H and O–H groups in total. The summed E-state index contributed by atoms with van der Waals surface area (Å²) in [6.07, 6.45) is 0. The van der Waals surface area contributed by atoms with Crippen molar-refractivity contribution in [3.63, 3.8) is 0 Å². The molecule has 1 saturated heterocycles. The van der Waals surface area contributed by atoms with Gasteiger partial charge in [-0.3, -0.25) is 4.79 Å². The summed E-state index contributed by atoms with van der Waals surface area (Å²) in [6, 6.07) is -0.0765. The highest BCUT2D eigenvalue weighted by atomic mass is 16.4. The fourth-order valence-corrected chi connectivity index (χ4v) is 1.81. The molecular weight excluding hydrogens is 208 g/mol. The fourth-order valence-electron chi connectivity index (χ4n) is 1.81. The van der Waals surface area contributed by atoms with Crippen LogP contribution < -0.4 is 0 Å². The van der Waals surface area contributed by atoms with Crippen LogP contribution in [-0.2, 0) is 4.79 Å². The van der Waals surface area contributed by atoms with Crippen molar-refractivity contribution < 1.29 is 14.7 Å². The quantitative estimate of drug-likeness (QED) is 0.770. The number of urea groups is 1. The Balaban J connectivity index is 2.40. The summed E-state index contributed by atoms with van der Waals surface area (Å²) in [7, 11) is 1.75. The molecule has 1 fully saturated rings. The molecule has 1 heterocycles. The molecule has 0 unspecified atom stereocenters. The molecule has 0 bridgehead atoms. The molecule has 1 rings (SSSR count). The third-order valence-corrected chi connectivity index (χ3v) is 2.54. The summed E-state index contributed by atoms with van der Waals surface area (Å²) in [4.78, 5) is 25.7. The first-order valence-corrected chi connectivity index (χ1v) is 5.43. The number of carboxylic acids is 1. The number of amides is 2. The Morgan fingerprint density at radius 2 is 1.88 bits per heavy atom. The number of hydrogen-bond acceptors (Lipinski definition) is 2. The van der Waals surface area contributed by atoms with Gasteiger partial charge in [0.25, 0.3) is 0 Å². The number of carboxylic acid groups (broad SMARTS) is 1. The second kappa shape index (κ2) is 4.31. The molecule has 0 saturated carbocycles. The molecule has 0 aromatic heterocycles. The third-order valence-electron chi connectivity index (χ3n) is 2.54. The van der Waals surface area contributed by atoms with Crippen molar-refractivity contribution in [1.82, 2.24) is 9.80 Å². The largest absolute Gasteiger partial charge is 0.481 e. The molecule has 0 aromatic rings. The van der Waals surface area contributed by atoms with E-state index >= 15 is 0 Å². The van der Waals surface area contributed by atoms with Gasteiger partial charge in [0.05, 0.1) is 5.92 Å². The molecule has 0 aliphatic carbocycles. The van der Waals surface area contributed by atoms with Crippen LogP contribution in [0.1, 0.15) is 20.8 Å².